The first-order valence-electron chi connectivity index (χ1n) is 4.67. The van der Waals surface area contributed by atoms with Crippen molar-refractivity contribution in [3.05, 3.63) is 35.4 Å². The Morgan fingerprint density at radius 2 is 2.21 bits per heavy atom. The summed E-state index contributed by atoms with van der Waals surface area (Å²) >= 11 is 0. The molecule has 0 aromatic heterocycles. The van der Waals surface area contributed by atoms with Crippen LogP contribution in [0, 0.1) is 6.92 Å². The lowest BCUT2D eigenvalue weighted by atomic mass is 10.1. The van der Waals surface area contributed by atoms with Crippen molar-refractivity contribution >= 4 is 5.91 Å². The standard InChI is InChI=1S/C11H12FNO/c1-8-3-2-4-9(5-8)11(14)13-6-10(12)7-13/h2-5,10H,6-7H2,1H3. The van der Waals surface area contributed by atoms with Crippen molar-refractivity contribution in [2.45, 2.75) is 13.1 Å². The van der Waals surface area contributed by atoms with Gasteiger partial charge in [-0.05, 0) is 19.1 Å². The third kappa shape index (κ3) is 1.62. The van der Waals surface area contributed by atoms with Gasteiger partial charge >= 0.3 is 0 Å². The van der Waals surface area contributed by atoms with Gasteiger partial charge in [-0.1, -0.05) is 17.7 Å². The molecule has 1 heterocycles. The highest BCUT2D eigenvalue weighted by Gasteiger charge is 2.30. The molecule has 1 fully saturated rings. The van der Waals surface area contributed by atoms with Crippen LogP contribution in [0.25, 0.3) is 0 Å². The summed E-state index contributed by atoms with van der Waals surface area (Å²) in [5.41, 5.74) is 1.70. The van der Waals surface area contributed by atoms with Crippen molar-refractivity contribution in [3.63, 3.8) is 0 Å². The molecule has 1 aromatic rings. The molecule has 1 saturated heterocycles. The van der Waals surface area contributed by atoms with Gasteiger partial charge in [-0.15, -0.1) is 0 Å². The van der Waals surface area contributed by atoms with E-state index in [9.17, 15) is 9.18 Å². The minimum Gasteiger partial charge on any atom is -0.333 e. The van der Waals surface area contributed by atoms with Crippen molar-refractivity contribution < 1.29 is 9.18 Å². The fraction of sp³-hybridized carbons (Fsp3) is 0.364. The molecule has 3 heteroatoms. The van der Waals surface area contributed by atoms with Crippen LogP contribution in [-0.4, -0.2) is 30.1 Å². The summed E-state index contributed by atoms with van der Waals surface area (Å²) in [4.78, 5) is 13.2. The number of amides is 1. The van der Waals surface area contributed by atoms with Gasteiger partial charge in [-0.3, -0.25) is 4.79 Å². The van der Waals surface area contributed by atoms with Crippen LogP contribution >= 0.6 is 0 Å². The molecule has 0 saturated carbocycles. The maximum absolute atomic E-state index is 12.5. The molecule has 0 radical (unpaired) electrons. The third-order valence-corrected chi connectivity index (χ3v) is 2.39. The Balaban J connectivity index is 2.12. The quantitative estimate of drug-likeness (QED) is 0.665. The zero-order chi connectivity index (χ0) is 10.1. The predicted octanol–water partition coefficient (Wildman–Crippen LogP) is 1.79. The van der Waals surface area contributed by atoms with E-state index in [2.05, 4.69) is 0 Å². The van der Waals surface area contributed by atoms with E-state index >= 15 is 0 Å². The van der Waals surface area contributed by atoms with Gasteiger partial charge in [0.15, 0.2) is 0 Å². The number of hydrogen-bond acceptors (Lipinski definition) is 1. The van der Waals surface area contributed by atoms with Gasteiger partial charge in [0.05, 0.1) is 13.1 Å². The van der Waals surface area contributed by atoms with Gasteiger partial charge < -0.3 is 4.90 Å². The summed E-state index contributed by atoms with van der Waals surface area (Å²) in [5.74, 6) is -0.0670. The second-order valence-electron chi connectivity index (χ2n) is 3.68. The number of aryl methyl sites for hydroxylation is 1. The van der Waals surface area contributed by atoms with Crippen LogP contribution in [0.5, 0.6) is 0 Å². The van der Waals surface area contributed by atoms with Gasteiger partial charge in [0.25, 0.3) is 5.91 Å². The molecule has 1 amide bonds. The molecule has 74 valence electrons. The second-order valence-corrected chi connectivity index (χ2v) is 3.68. The molecule has 0 spiro atoms. The molecule has 1 aliphatic heterocycles. The van der Waals surface area contributed by atoms with E-state index in [1.807, 2.05) is 25.1 Å². The van der Waals surface area contributed by atoms with Gasteiger partial charge in [-0.25, -0.2) is 4.39 Å². The fourth-order valence-electron chi connectivity index (χ4n) is 1.55. The first-order chi connectivity index (χ1) is 6.66. The van der Waals surface area contributed by atoms with Gasteiger partial charge in [0, 0.05) is 5.56 Å². The largest absolute Gasteiger partial charge is 0.333 e. The minimum atomic E-state index is -0.830. The van der Waals surface area contributed by atoms with Crippen molar-refractivity contribution in [2.75, 3.05) is 13.1 Å². The zero-order valence-electron chi connectivity index (χ0n) is 8.03. The third-order valence-electron chi connectivity index (χ3n) is 2.39. The summed E-state index contributed by atoms with van der Waals surface area (Å²) in [6.07, 6.45) is -0.830. The highest BCUT2D eigenvalue weighted by Crippen LogP contribution is 2.16. The van der Waals surface area contributed by atoms with Crippen molar-refractivity contribution in [1.29, 1.82) is 0 Å². The molecule has 0 unspecified atom stereocenters. The number of rotatable bonds is 1. The Labute approximate surface area is 82.3 Å². The molecular weight excluding hydrogens is 181 g/mol. The monoisotopic (exact) mass is 193 g/mol. The van der Waals surface area contributed by atoms with E-state index in [1.165, 1.54) is 4.90 Å². The molecular formula is C11H12FNO. The lowest BCUT2D eigenvalue weighted by Crippen LogP contribution is -2.51. The normalized spacial score (nSPS) is 16.6. The van der Waals surface area contributed by atoms with E-state index in [4.69, 9.17) is 0 Å². The van der Waals surface area contributed by atoms with Gasteiger partial charge in [0.1, 0.15) is 6.17 Å². The molecule has 2 nitrogen and oxygen atoms in total. The predicted molar refractivity (Wildman–Crippen MR) is 52.0 cm³/mol. The van der Waals surface area contributed by atoms with E-state index in [1.54, 1.807) is 6.07 Å². The lowest BCUT2D eigenvalue weighted by molar-refractivity contribution is 0.0400. The first kappa shape index (κ1) is 9.19. The van der Waals surface area contributed by atoms with E-state index in [0.717, 1.165) is 5.56 Å². The number of carbonyl (C=O) groups excluding carboxylic acids is 1. The number of likely N-dealkylation sites (tertiary alicyclic amines) is 1. The van der Waals surface area contributed by atoms with Crippen LogP contribution in [0.4, 0.5) is 4.39 Å². The maximum Gasteiger partial charge on any atom is 0.254 e. The summed E-state index contributed by atoms with van der Waals surface area (Å²) in [6, 6.07) is 7.37. The SMILES string of the molecule is Cc1cccc(C(=O)N2CC(F)C2)c1. The second kappa shape index (κ2) is 3.40. The van der Waals surface area contributed by atoms with Crippen molar-refractivity contribution in [2.24, 2.45) is 0 Å². The summed E-state index contributed by atoms with van der Waals surface area (Å²) in [7, 11) is 0. The fourth-order valence-corrected chi connectivity index (χ4v) is 1.55. The summed E-state index contributed by atoms with van der Waals surface area (Å²) in [6.45, 7) is 2.42. The Kier molecular flexibility index (Phi) is 2.23. The van der Waals surface area contributed by atoms with Gasteiger partial charge in [-0.2, -0.15) is 0 Å². The number of halogens is 1. The number of alkyl halides is 1. The summed E-state index contributed by atoms with van der Waals surface area (Å²) < 4.78 is 12.5. The topological polar surface area (TPSA) is 20.3 Å². The van der Waals surface area contributed by atoms with Crippen LogP contribution < -0.4 is 0 Å². The number of benzene rings is 1. The highest BCUT2D eigenvalue weighted by atomic mass is 19.1. The molecule has 2 rings (SSSR count). The number of hydrogen-bond donors (Lipinski definition) is 0. The minimum absolute atomic E-state index is 0.0670. The molecule has 1 aromatic carbocycles. The van der Waals surface area contributed by atoms with E-state index in [-0.39, 0.29) is 19.0 Å². The maximum atomic E-state index is 12.5. The molecule has 14 heavy (non-hydrogen) atoms. The number of nitrogens with zero attached hydrogens (tertiary/aromatic N) is 1. The van der Waals surface area contributed by atoms with E-state index in [0.29, 0.717) is 5.56 Å². The van der Waals surface area contributed by atoms with Crippen LogP contribution in [0.1, 0.15) is 15.9 Å². The zero-order valence-corrected chi connectivity index (χ0v) is 8.03. The lowest BCUT2D eigenvalue weighted by Gasteiger charge is -2.34. The Morgan fingerprint density at radius 3 is 2.79 bits per heavy atom. The van der Waals surface area contributed by atoms with Crippen LogP contribution in [0.2, 0.25) is 0 Å². The molecule has 0 atom stereocenters. The Bertz CT molecular complexity index is 358. The molecule has 0 aliphatic carbocycles. The average molecular weight is 193 g/mol. The number of carbonyl (C=O) groups is 1. The van der Waals surface area contributed by atoms with Gasteiger partial charge in [0.2, 0.25) is 0 Å². The molecule has 0 bridgehead atoms. The highest BCUT2D eigenvalue weighted by molar-refractivity contribution is 5.94. The first-order valence-corrected chi connectivity index (χ1v) is 4.67. The van der Waals surface area contributed by atoms with Crippen molar-refractivity contribution in [3.8, 4) is 0 Å². The van der Waals surface area contributed by atoms with Crippen LogP contribution in [-0.2, 0) is 0 Å². The molecule has 1 aliphatic rings. The summed E-state index contributed by atoms with van der Waals surface area (Å²) in [5, 5.41) is 0. The van der Waals surface area contributed by atoms with Crippen LogP contribution in [0.3, 0.4) is 0 Å². The van der Waals surface area contributed by atoms with Crippen LogP contribution in [0.15, 0.2) is 24.3 Å². The Hall–Kier alpha value is -1.38. The Morgan fingerprint density at radius 1 is 1.50 bits per heavy atom. The molecule has 0 N–H and O–H groups in total. The van der Waals surface area contributed by atoms with E-state index < -0.39 is 6.17 Å². The van der Waals surface area contributed by atoms with Crippen molar-refractivity contribution in [1.82, 2.24) is 4.90 Å². The smallest absolute Gasteiger partial charge is 0.254 e. The average Bonchev–Trinajstić information content (AvgIpc) is 2.12.